The summed E-state index contributed by atoms with van der Waals surface area (Å²) in [6, 6.07) is 9.21. The number of sulfonamides is 1. The predicted octanol–water partition coefficient (Wildman–Crippen LogP) is 3.73. The van der Waals surface area contributed by atoms with Gasteiger partial charge in [0.05, 0.1) is 16.5 Å². The number of phenols is 1. The third-order valence-electron chi connectivity index (χ3n) is 2.72. The summed E-state index contributed by atoms with van der Waals surface area (Å²) in [5.41, 5.74) is 0.474. The minimum atomic E-state index is -3.79. The van der Waals surface area contributed by atoms with Gasteiger partial charge in [-0.2, -0.15) is 12.8 Å². The first-order chi connectivity index (χ1) is 10.3. The van der Waals surface area contributed by atoms with E-state index >= 15 is 0 Å². The third kappa shape index (κ3) is 3.88. The van der Waals surface area contributed by atoms with Crippen LogP contribution in [-0.4, -0.2) is 26.8 Å². The van der Waals surface area contributed by atoms with Gasteiger partial charge in [0, 0.05) is 10.7 Å². The lowest BCUT2D eigenvalue weighted by atomic mass is 10.2. The van der Waals surface area contributed by atoms with E-state index in [-0.39, 0.29) is 16.4 Å². The van der Waals surface area contributed by atoms with Crippen molar-refractivity contribution in [2.45, 2.75) is 4.90 Å². The van der Waals surface area contributed by atoms with Crippen molar-refractivity contribution in [3.8, 4) is 11.5 Å². The normalized spacial score (nSPS) is 11.8. The van der Waals surface area contributed by atoms with Gasteiger partial charge in [-0.15, -0.1) is 0 Å². The first kappa shape index (κ1) is 17.0. The number of methoxy groups -OCH3 is 1. The van der Waals surface area contributed by atoms with Crippen LogP contribution in [-0.2, 0) is 10.0 Å². The minimum Gasteiger partial charge on any atom is -0.503 e. The van der Waals surface area contributed by atoms with Crippen molar-refractivity contribution in [3.63, 3.8) is 0 Å². The molecule has 5 nitrogen and oxygen atoms in total. The van der Waals surface area contributed by atoms with Crippen LogP contribution in [0.1, 0.15) is 5.56 Å². The third-order valence-corrected chi connectivity index (χ3v) is 5.11. The molecule has 0 aliphatic carbocycles. The van der Waals surface area contributed by atoms with E-state index in [1.54, 1.807) is 18.2 Å². The molecule has 0 radical (unpaired) electrons. The highest BCUT2D eigenvalue weighted by molar-refractivity contribution is 9.10. The van der Waals surface area contributed by atoms with Gasteiger partial charge >= 0.3 is 0 Å². The zero-order chi connectivity index (χ0) is 16.3. The summed E-state index contributed by atoms with van der Waals surface area (Å²) in [6.07, 6.45) is 1.20. The van der Waals surface area contributed by atoms with Crippen LogP contribution in [0.4, 0.5) is 0 Å². The minimum absolute atomic E-state index is 0.0598. The van der Waals surface area contributed by atoms with Crippen molar-refractivity contribution in [2.75, 3.05) is 7.11 Å². The maximum absolute atomic E-state index is 12.1. The van der Waals surface area contributed by atoms with Crippen molar-refractivity contribution < 1.29 is 18.3 Å². The van der Waals surface area contributed by atoms with E-state index < -0.39 is 10.0 Å². The molecule has 116 valence electrons. The fourth-order valence-corrected chi connectivity index (χ4v) is 3.21. The molecule has 0 aliphatic rings. The van der Waals surface area contributed by atoms with Crippen molar-refractivity contribution in [2.24, 2.45) is 4.40 Å². The van der Waals surface area contributed by atoms with E-state index in [0.717, 1.165) is 4.47 Å². The van der Waals surface area contributed by atoms with E-state index in [1.807, 2.05) is 0 Å². The number of phenolic OH excluding ortho intramolecular Hbond substituents is 1. The molecule has 0 bridgehead atoms. The molecule has 0 amide bonds. The standard InChI is InChI=1S/C14H11Br2NO4S/c1-21-13-7-9(6-12(16)14(13)18)8-17-22(19,20)11-4-2-10(15)3-5-11/h2-8,18H,1H3. The van der Waals surface area contributed by atoms with Gasteiger partial charge in [-0.05, 0) is 57.9 Å². The fraction of sp³-hybridized carbons (Fsp3) is 0.0714. The molecule has 0 unspecified atom stereocenters. The summed E-state index contributed by atoms with van der Waals surface area (Å²) in [5.74, 6) is 0.160. The summed E-state index contributed by atoms with van der Waals surface area (Å²) in [7, 11) is -2.38. The van der Waals surface area contributed by atoms with Crippen LogP contribution in [0.3, 0.4) is 0 Å². The van der Waals surface area contributed by atoms with Crippen molar-refractivity contribution in [1.29, 1.82) is 0 Å². The Balaban J connectivity index is 2.35. The van der Waals surface area contributed by atoms with Crippen LogP contribution in [0.2, 0.25) is 0 Å². The molecule has 8 heteroatoms. The smallest absolute Gasteiger partial charge is 0.282 e. The highest BCUT2D eigenvalue weighted by atomic mass is 79.9. The number of aromatic hydroxyl groups is 1. The van der Waals surface area contributed by atoms with Crippen LogP contribution >= 0.6 is 31.9 Å². The second kappa shape index (κ2) is 6.80. The summed E-state index contributed by atoms with van der Waals surface area (Å²) in [4.78, 5) is 0.0942. The number of hydrogen-bond acceptors (Lipinski definition) is 4. The molecular formula is C14H11Br2NO4S. The molecule has 1 N–H and O–H groups in total. The molecule has 2 aromatic rings. The van der Waals surface area contributed by atoms with Crippen LogP contribution < -0.4 is 4.74 Å². The molecule has 2 aromatic carbocycles. The number of rotatable bonds is 4. The molecule has 0 saturated heterocycles. The van der Waals surface area contributed by atoms with E-state index in [4.69, 9.17) is 4.74 Å². The lowest BCUT2D eigenvalue weighted by Gasteiger charge is -2.06. The number of benzene rings is 2. The van der Waals surface area contributed by atoms with Gasteiger partial charge < -0.3 is 9.84 Å². The fourth-order valence-electron chi connectivity index (χ4n) is 1.62. The van der Waals surface area contributed by atoms with Gasteiger partial charge in [0.15, 0.2) is 11.5 Å². The molecule has 0 fully saturated rings. The zero-order valence-electron chi connectivity index (χ0n) is 11.3. The number of ether oxygens (including phenoxy) is 1. The molecular weight excluding hydrogens is 438 g/mol. The van der Waals surface area contributed by atoms with Crippen LogP contribution in [0.25, 0.3) is 0 Å². The van der Waals surface area contributed by atoms with Crippen molar-refractivity contribution in [1.82, 2.24) is 0 Å². The van der Waals surface area contributed by atoms with Gasteiger partial charge in [-0.1, -0.05) is 15.9 Å². The quantitative estimate of drug-likeness (QED) is 0.723. The predicted molar refractivity (Wildman–Crippen MR) is 91.3 cm³/mol. The molecule has 22 heavy (non-hydrogen) atoms. The Morgan fingerprint density at radius 3 is 2.41 bits per heavy atom. The molecule has 0 heterocycles. The number of halogens is 2. The van der Waals surface area contributed by atoms with E-state index in [0.29, 0.717) is 10.0 Å². The molecule has 0 spiro atoms. The summed E-state index contributed by atoms with van der Waals surface area (Å²) < 4.78 is 34.0. The Kier molecular flexibility index (Phi) is 5.25. The largest absolute Gasteiger partial charge is 0.503 e. The average Bonchev–Trinajstić information content (AvgIpc) is 2.49. The number of nitrogens with zero attached hydrogens (tertiary/aromatic N) is 1. The van der Waals surface area contributed by atoms with Gasteiger partial charge in [0.2, 0.25) is 0 Å². The van der Waals surface area contributed by atoms with Crippen molar-refractivity contribution >= 4 is 48.1 Å². The van der Waals surface area contributed by atoms with Gasteiger partial charge in [0.1, 0.15) is 0 Å². The molecule has 0 aliphatic heterocycles. The second-order valence-electron chi connectivity index (χ2n) is 4.22. The molecule has 0 aromatic heterocycles. The van der Waals surface area contributed by atoms with E-state index in [1.165, 1.54) is 31.5 Å². The van der Waals surface area contributed by atoms with Crippen LogP contribution in [0.15, 0.2) is 54.6 Å². The highest BCUT2D eigenvalue weighted by Crippen LogP contribution is 2.34. The van der Waals surface area contributed by atoms with Crippen LogP contribution in [0.5, 0.6) is 11.5 Å². The van der Waals surface area contributed by atoms with Crippen LogP contribution in [0, 0.1) is 0 Å². The van der Waals surface area contributed by atoms with Crippen molar-refractivity contribution in [3.05, 3.63) is 50.9 Å². The SMILES string of the molecule is COc1cc(C=NS(=O)(=O)c2ccc(Br)cc2)cc(Br)c1O. The van der Waals surface area contributed by atoms with E-state index in [2.05, 4.69) is 36.3 Å². The average molecular weight is 449 g/mol. The zero-order valence-corrected chi connectivity index (χ0v) is 15.3. The lowest BCUT2D eigenvalue weighted by molar-refractivity contribution is 0.372. The molecule has 0 saturated carbocycles. The molecule has 2 rings (SSSR count). The Morgan fingerprint density at radius 1 is 1.18 bits per heavy atom. The summed E-state index contributed by atoms with van der Waals surface area (Å²) in [6.45, 7) is 0. The first-order valence-electron chi connectivity index (χ1n) is 5.96. The highest BCUT2D eigenvalue weighted by Gasteiger charge is 2.12. The maximum atomic E-state index is 12.1. The van der Waals surface area contributed by atoms with Gasteiger partial charge in [-0.3, -0.25) is 0 Å². The number of hydrogen-bond donors (Lipinski definition) is 1. The topological polar surface area (TPSA) is 76.0 Å². The Hall–Kier alpha value is -1.38. The molecule has 0 atom stereocenters. The lowest BCUT2D eigenvalue weighted by Crippen LogP contribution is -1.98. The Morgan fingerprint density at radius 2 is 1.82 bits per heavy atom. The monoisotopic (exact) mass is 447 g/mol. The second-order valence-corrected chi connectivity index (χ2v) is 7.62. The van der Waals surface area contributed by atoms with Gasteiger partial charge in [-0.25, -0.2) is 0 Å². The van der Waals surface area contributed by atoms with E-state index in [9.17, 15) is 13.5 Å². The first-order valence-corrected chi connectivity index (χ1v) is 8.98. The Bertz CT molecular complexity index is 817. The maximum Gasteiger partial charge on any atom is 0.282 e. The summed E-state index contributed by atoms with van der Waals surface area (Å²) in [5, 5.41) is 9.72. The Labute approximate surface area is 145 Å². The summed E-state index contributed by atoms with van der Waals surface area (Å²) >= 11 is 6.41. The van der Waals surface area contributed by atoms with Gasteiger partial charge in [0.25, 0.3) is 10.0 Å².